The Kier molecular flexibility index (Phi) is 3.63. The number of aromatic hydroxyl groups is 1. The number of pyridine rings is 1. The summed E-state index contributed by atoms with van der Waals surface area (Å²) in [7, 11) is 0. The average Bonchev–Trinajstić information content (AvgIpc) is 2.67. The summed E-state index contributed by atoms with van der Waals surface area (Å²) in [5.41, 5.74) is 3.54. The van der Waals surface area contributed by atoms with Gasteiger partial charge in [-0.3, -0.25) is 4.98 Å². The quantitative estimate of drug-likeness (QED) is 0.810. The van der Waals surface area contributed by atoms with Crippen LogP contribution in [0.5, 0.6) is 11.5 Å². The number of fused-ring (bicyclic) bond motifs is 5. The van der Waals surface area contributed by atoms with Gasteiger partial charge in [-0.2, -0.15) is 0 Å². The lowest BCUT2D eigenvalue weighted by Crippen LogP contribution is -2.56. The van der Waals surface area contributed by atoms with Gasteiger partial charge in [-0.05, 0) is 18.6 Å². The Hall–Kier alpha value is -2.54. The Morgan fingerprint density at radius 2 is 2.19 bits per heavy atom. The molecule has 2 N–H and O–H groups in total. The number of piperazine rings is 1. The van der Waals surface area contributed by atoms with E-state index in [9.17, 15) is 9.50 Å². The molecule has 3 aliphatic heterocycles. The van der Waals surface area contributed by atoms with E-state index in [4.69, 9.17) is 4.74 Å². The van der Waals surface area contributed by atoms with Crippen molar-refractivity contribution in [2.24, 2.45) is 0 Å². The number of rotatable bonds is 1. The summed E-state index contributed by atoms with van der Waals surface area (Å²) in [4.78, 5) is 8.90. The first-order valence-electron chi connectivity index (χ1n) is 9.05. The number of halogens is 1. The number of nitrogens with zero attached hydrogens (tertiary/aromatic N) is 3. The normalized spacial score (nSPS) is 21.5. The molecule has 1 aromatic carbocycles. The second-order valence-corrected chi connectivity index (χ2v) is 7.04. The molecule has 4 heterocycles. The first-order valence-corrected chi connectivity index (χ1v) is 9.05. The van der Waals surface area contributed by atoms with Gasteiger partial charge >= 0.3 is 0 Å². The number of ether oxygens (including phenoxy) is 1. The summed E-state index contributed by atoms with van der Waals surface area (Å²) >= 11 is 0. The largest absolute Gasteiger partial charge is 0.506 e. The molecule has 1 atom stereocenters. The van der Waals surface area contributed by atoms with Crippen LogP contribution in [0.1, 0.15) is 11.3 Å². The van der Waals surface area contributed by atoms with Crippen LogP contribution in [0.3, 0.4) is 0 Å². The van der Waals surface area contributed by atoms with Crippen molar-refractivity contribution in [2.75, 3.05) is 42.6 Å². The SMILES string of the molecule is Oc1cccc(F)c1N1CCc2c(ncc3c2N2CCNC[C@@H]2CO3)C1. The predicted octanol–water partition coefficient (Wildman–Crippen LogP) is 1.66. The van der Waals surface area contributed by atoms with Gasteiger partial charge in [0.05, 0.1) is 30.2 Å². The molecule has 0 radical (unpaired) electrons. The first-order chi connectivity index (χ1) is 12.7. The van der Waals surface area contributed by atoms with Gasteiger partial charge in [0, 0.05) is 31.7 Å². The Bertz CT molecular complexity index is 839. The van der Waals surface area contributed by atoms with Crippen molar-refractivity contribution in [1.82, 2.24) is 10.3 Å². The summed E-state index contributed by atoms with van der Waals surface area (Å²) < 4.78 is 20.2. The van der Waals surface area contributed by atoms with Crippen LogP contribution < -0.4 is 19.9 Å². The molecular formula is C19H21FN4O2. The third-order valence-electron chi connectivity index (χ3n) is 5.53. The molecule has 0 spiro atoms. The highest BCUT2D eigenvalue weighted by Gasteiger charge is 2.34. The van der Waals surface area contributed by atoms with E-state index in [1.165, 1.54) is 23.8 Å². The molecule has 6 nitrogen and oxygen atoms in total. The van der Waals surface area contributed by atoms with Crippen LogP contribution in [0, 0.1) is 5.82 Å². The highest BCUT2D eigenvalue weighted by atomic mass is 19.1. The van der Waals surface area contributed by atoms with Crippen molar-refractivity contribution in [2.45, 2.75) is 19.0 Å². The molecule has 0 saturated carbocycles. The van der Waals surface area contributed by atoms with Crippen molar-refractivity contribution in [3.8, 4) is 11.5 Å². The number of anilines is 2. The number of para-hydroxylation sites is 1. The molecule has 1 aromatic heterocycles. The molecule has 5 rings (SSSR count). The number of phenolic OH excluding ortho intramolecular Hbond substituents is 1. The van der Waals surface area contributed by atoms with Gasteiger partial charge in [0.25, 0.3) is 0 Å². The fraction of sp³-hybridized carbons (Fsp3) is 0.421. The highest BCUT2D eigenvalue weighted by molar-refractivity contribution is 5.69. The number of hydrogen-bond acceptors (Lipinski definition) is 6. The van der Waals surface area contributed by atoms with E-state index in [-0.39, 0.29) is 11.4 Å². The smallest absolute Gasteiger partial charge is 0.161 e. The topological polar surface area (TPSA) is 60.9 Å². The molecule has 26 heavy (non-hydrogen) atoms. The third kappa shape index (κ3) is 2.38. The monoisotopic (exact) mass is 356 g/mol. The number of hydrogen-bond donors (Lipinski definition) is 2. The lowest BCUT2D eigenvalue weighted by atomic mass is 9.98. The minimum absolute atomic E-state index is 0.0306. The summed E-state index contributed by atoms with van der Waals surface area (Å²) in [5.74, 6) is 0.415. The van der Waals surface area contributed by atoms with Crippen LogP contribution in [0.4, 0.5) is 15.8 Å². The Morgan fingerprint density at radius 1 is 1.27 bits per heavy atom. The van der Waals surface area contributed by atoms with Crippen LogP contribution in [0.25, 0.3) is 0 Å². The molecule has 3 aliphatic rings. The minimum atomic E-state index is -0.406. The van der Waals surface area contributed by atoms with E-state index < -0.39 is 5.82 Å². The highest BCUT2D eigenvalue weighted by Crippen LogP contribution is 2.41. The fourth-order valence-corrected chi connectivity index (χ4v) is 4.29. The van der Waals surface area contributed by atoms with Crippen molar-refractivity contribution in [1.29, 1.82) is 0 Å². The number of aromatic nitrogens is 1. The maximum Gasteiger partial charge on any atom is 0.161 e. The molecule has 0 aliphatic carbocycles. The number of nitrogens with one attached hydrogen (secondary N) is 1. The van der Waals surface area contributed by atoms with E-state index in [1.807, 2.05) is 4.90 Å². The number of benzene rings is 1. The van der Waals surface area contributed by atoms with Gasteiger partial charge in [-0.1, -0.05) is 6.07 Å². The lowest BCUT2D eigenvalue weighted by molar-refractivity contribution is 0.245. The second kappa shape index (κ2) is 6.02. The lowest BCUT2D eigenvalue weighted by Gasteiger charge is -2.44. The molecule has 0 unspecified atom stereocenters. The van der Waals surface area contributed by atoms with Gasteiger partial charge < -0.3 is 25.0 Å². The fourth-order valence-electron chi connectivity index (χ4n) is 4.29. The van der Waals surface area contributed by atoms with Crippen LogP contribution >= 0.6 is 0 Å². The zero-order valence-corrected chi connectivity index (χ0v) is 14.4. The predicted molar refractivity (Wildman–Crippen MR) is 96.6 cm³/mol. The third-order valence-corrected chi connectivity index (χ3v) is 5.53. The van der Waals surface area contributed by atoms with Crippen LogP contribution in [-0.2, 0) is 13.0 Å². The van der Waals surface area contributed by atoms with Gasteiger partial charge in [0.2, 0.25) is 0 Å². The van der Waals surface area contributed by atoms with Crippen molar-refractivity contribution < 1.29 is 14.2 Å². The maximum atomic E-state index is 14.2. The van der Waals surface area contributed by atoms with Crippen LogP contribution in [-0.4, -0.2) is 48.9 Å². The maximum absolute atomic E-state index is 14.2. The Labute approximate surface area is 151 Å². The van der Waals surface area contributed by atoms with Crippen molar-refractivity contribution in [3.05, 3.63) is 41.5 Å². The molecule has 136 valence electrons. The molecular weight excluding hydrogens is 335 g/mol. The molecule has 1 saturated heterocycles. The zero-order chi connectivity index (χ0) is 17.7. The second-order valence-electron chi connectivity index (χ2n) is 7.04. The standard InChI is InChI=1S/C19H21FN4O2/c20-14-2-1-3-16(25)19(14)23-6-4-13-15(10-23)22-9-17-18(13)24-7-5-21-8-12(24)11-26-17/h1-3,9,12,21,25H,4-8,10-11H2/t12-/m1/s1. The molecule has 0 amide bonds. The molecule has 2 aromatic rings. The molecule has 0 bridgehead atoms. The van der Waals surface area contributed by atoms with E-state index in [2.05, 4.69) is 15.2 Å². The van der Waals surface area contributed by atoms with Crippen molar-refractivity contribution in [3.63, 3.8) is 0 Å². The summed E-state index contributed by atoms with van der Waals surface area (Å²) in [6, 6.07) is 4.76. The van der Waals surface area contributed by atoms with Gasteiger partial charge in [0.15, 0.2) is 5.75 Å². The summed E-state index contributed by atoms with van der Waals surface area (Å²) in [5, 5.41) is 13.5. The summed E-state index contributed by atoms with van der Waals surface area (Å²) in [6.07, 6.45) is 2.54. The minimum Gasteiger partial charge on any atom is -0.506 e. The van der Waals surface area contributed by atoms with Crippen LogP contribution in [0.15, 0.2) is 24.4 Å². The Balaban J connectivity index is 1.52. The number of phenols is 1. The van der Waals surface area contributed by atoms with E-state index in [0.29, 0.717) is 25.7 Å². The summed E-state index contributed by atoms with van der Waals surface area (Å²) in [6.45, 7) is 4.63. The first kappa shape index (κ1) is 15.7. The average molecular weight is 356 g/mol. The van der Waals surface area contributed by atoms with E-state index >= 15 is 0 Å². The van der Waals surface area contributed by atoms with Crippen molar-refractivity contribution >= 4 is 11.4 Å². The van der Waals surface area contributed by atoms with Gasteiger partial charge in [-0.15, -0.1) is 0 Å². The zero-order valence-electron chi connectivity index (χ0n) is 14.4. The molecule has 7 heteroatoms. The van der Waals surface area contributed by atoms with Gasteiger partial charge in [-0.25, -0.2) is 4.39 Å². The van der Waals surface area contributed by atoms with E-state index in [1.54, 1.807) is 6.20 Å². The van der Waals surface area contributed by atoms with E-state index in [0.717, 1.165) is 43.2 Å². The van der Waals surface area contributed by atoms with Gasteiger partial charge in [0.1, 0.15) is 23.9 Å². The van der Waals surface area contributed by atoms with Crippen LogP contribution in [0.2, 0.25) is 0 Å². The molecule has 1 fully saturated rings. The Morgan fingerprint density at radius 3 is 3.08 bits per heavy atom.